The van der Waals surface area contributed by atoms with E-state index in [4.69, 9.17) is 15.2 Å². The van der Waals surface area contributed by atoms with Gasteiger partial charge in [-0.2, -0.15) is 0 Å². The first-order valence-electron chi connectivity index (χ1n) is 15.1. The lowest BCUT2D eigenvalue weighted by Crippen LogP contribution is -2.70. The van der Waals surface area contributed by atoms with Gasteiger partial charge in [0.2, 0.25) is 0 Å². The van der Waals surface area contributed by atoms with Crippen LogP contribution in [0.5, 0.6) is 0 Å². The minimum atomic E-state index is -1.04. The van der Waals surface area contributed by atoms with Gasteiger partial charge in [0, 0.05) is 7.11 Å². The molecule has 0 aromatic heterocycles. The molecular weight excluding hydrogens is 466 g/mol. The lowest BCUT2D eigenvalue weighted by atomic mass is 9.43. The molecular formula is C31H53NO5. The van der Waals surface area contributed by atoms with Gasteiger partial charge >= 0.3 is 0 Å². The first-order chi connectivity index (χ1) is 17.1. The third-order valence-electron chi connectivity index (χ3n) is 14.3. The minimum absolute atomic E-state index is 0.0805. The quantitative estimate of drug-likeness (QED) is 0.451. The van der Waals surface area contributed by atoms with Crippen LogP contribution in [0.15, 0.2) is 0 Å². The lowest BCUT2D eigenvalue weighted by molar-refractivity contribution is -0.209. The van der Waals surface area contributed by atoms with E-state index in [2.05, 4.69) is 34.6 Å². The Labute approximate surface area is 224 Å². The van der Waals surface area contributed by atoms with Gasteiger partial charge in [0.05, 0.1) is 35.6 Å². The molecule has 0 bridgehead atoms. The van der Waals surface area contributed by atoms with E-state index < -0.39 is 23.3 Å². The van der Waals surface area contributed by atoms with Crippen molar-refractivity contribution in [3.63, 3.8) is 0 Å². The van der Waals surface area contributed by atoms with E-state index in [1.807, 2.05) is 0 Å². The zero-order chi connectivity index (χ0) is 27.1. The molecule has 14 atom stereocenters. The third-order valence-corrected chi connectivity index (χ3v) is 14.3. The molecule has 2 spiro atoms. The standard InChI is InChI=1S/C31H53NO5/c1-16-15-18(25(36-8)27(5,6)35)37-23-22(16)28(7)13-14-30-17(2)29(30)12-11-21(33)26(3,4)19(29)9-10-20(30)31(28,32)24(23)34/h16-25,33-35H,9-15,32H2,1-8H3/t16-,17-,18-,19+,20-,21+,22+,23+,24+,25+,28-,29-,30+,31+/m1/s1. The van der Waals surface area contributed by atoms with Gasteiger partial charge in [0.1, 0.15) is 6.10 Å². The smallest absolute Gasteiger partial charge is 0.111 e. The fourth-order valence-electron chi connectivity index (χ4n) is 12.8. The van der Waals surface area contributed by atoms with Gasteiger partial charge in [-0.1, -0.05) is 34.6 Å². The van der Waals surface area contributed by atoms with Crippen LogP contribution in [-0.4, -0.2) is 64.1 Å². The van der Waals surface area contributed by atoms with Crippen LogP contribution in [0.4, 0.5) is 0 Å². The van der Waals surface area contributed by atoms with Gasteiger partial charge < -0.3 is 30.5 Å². The molecule has 212 valence electrons. The summed E-state index contributed by atoms with van der Waals surface area (Å²) in [6.45, 7) is 15.2. The zero-order valence-electron chi connectivity index (χ0n) is 24.5. The Kier molecular flexibility index (Phi) is 5.63. The van der Waals surface area contributed by atoms with Crippen LogP contribution in [0, 0.1) is 51.2 Å². The van der Waals surface area contributed by atoms with Crippen LogP contribution < -0.4 is 5.73 Å². The average molecular weight is 520 g/mol. The fourth-order valence-corrected chi connectivity index (χ4v) is 12.8. The average Bonchev–Trinajstić information content (AvgIpc) is 3.27. The van der Waals surface area contributed by atoms with Crippen LogP contribution in [-0.2, 0) is 9.47 Å². The van der Waals surface area contributed by atoms with E-state index in [0.717, 1.165) is 38.5 Å². The van der Waals surface area contributed by atoms with Crippen molar-refractivity contribution in [1.82, 2.24) is 0 Å². The SMILES string of the molecule is CO[C@@H]([C@H]1C[C@@H](C)[C@H]2[C@H](O1)[C@H](O)[C@@]1(N)[C@@H]3CC[C@H]4C(C)(C)[C@@H](O)CC[C@@]45[C@@H](C)[C@@]35CC[C@]21C)C(C)(C)O. The Hall–Kier alpha value is -0.240. The largest absolute Gasteiger partial charge is 0.393 e. The molecule has 0 unspecified atom stereocenters. The predicted octanol–water partition coefficient (Wildman–Crippen LogP) is 3.88. The second-order valence-electron chi connectivity index (χ2n) is 15.8. The summed E-state index contributed by atoms with van der Waals surface area (Å²) in [5, 5.41) is 34.0. The summed E-state index contributed by atoms with van der Waals surface area (Å²) in [5.74, 6) is 1.85. The molecule has 6 rings (SSSR count). The summed E-state index contributed by atoms with van der Waals surface area (Å²) in [6.07, 6.45) is 5.02. The summed E-state index contributed by atoms with van der Waals surface area (Å²) in [6, 6.07) is 0. The van der Waals surface area contributed by atoms with E-state index in [1.54, 1.807) is 21.0 Å². The van der Waals surface area contributed by atoms with Crippen LogP contribution in [0.2, 0.25) is 0 Å². The van der Waals surface area contributed by atoms with Crippen molar-refractivity contribution in [3.05, 3.63) is 0 Å². The van der Waals surface area contributed by atoms with Crippen molar-refractivity contribution in [2.75, 3.05) is 7.11 Å². The lowest BCUT2D eigenvalue weighted by Gasteiger charge is -2.63. The van der Waals surface area contributed by atoms with Gasteiger partial charge in [0.15, 0.2) is 0 Å². The van der Waals surface area contributed by atoms with Crippen LogP contribution in [0.3, 0.4) is 0 Å². The summed E-state index contributed by atoms with van der Waals surface area (Å²) in [4.78, 5) is 0. The first kappa shape index (κ1) is 27.0. The molecule has 1 heterocycles. The van der Waals surface area contributed by atoms with E-state index in [9.17, 15) is 15.3 Å². The predicted molar refractivity (Wildman–Crippen MR) is 143 cm³/mol. The fraction of sp³-hybridized carbons (Fsp3) is 1.00. The zero-order valence-corrected chi connectivity index (χ0v) is 24.5. The number of rotatable bonds is 3. The number of nitrogens with two attached hydrogens (primary N) is 1. The molecule has 1 aliphatic heterocycles. The maximum absolute atomic E-state index is 12.2. The van der Waals surface area contributed by atoms with Gasteiger partial charge in [0.25, 0.3) is 0 Å². The van der Waals surface area contributed by atoms with Crippen LogP contribution >= 0.6 is 0 Å². The van der Waals surface area contributed by atoms with Crippen molar-refractivity contribution >= 4 is 0 Å². The Bertz CT molecular complexity index is 948. The molecule has 37 heavy (non-hydrogen) atoms. The topological polar surface area (TPSA) is 105 Å². The third kappa shape index (κ3) is 2.84. The van der Waals surface area contributed by atoms with Crippen LogP contribution in [0.1, 0.15) is 93.4 Å². The number of aliphatic hydroxyl groups is 3. The molecule has 6 heteroatoms. The second kappa shape index (κ2) is 7.73. The van der Waals surface area contributed by atoms with Gasteiger partial charge in [-0.15, -0.1) is 0 Å². The molecule has 0 aromatic rings. The highest BCUT2D eigenvalue weighted by molar-refractivity contribution is 5.37. The summed E-state index contributed by atoms with van der Waals surface area (Å²) < 4.78 is 12.5. The number of fused-ring (bicyclic) bond motifs is 4. The molecule has 5 aliphatic carbocycles. The van der Waals surface area contributed by atoms with Crippen molar-refractivity contribution < 1.29 is 24.8 Å². The summed E-state index contributed by atoms with van der Waals surface area (Å²) in [7, 11) is 1.64. The molecule has 6 nitrogen and oxygen atoms in total. The normalized spacial score (nSPS) is 58.9. The molecule has 0 amide bonds. The second-order valence-corrected chi connectivity index (χ2v) is 15.8. The minimum Gasteiger partial charge on any atom is -0.393 e. The molecule has 5 N–H and O–H groups in total. The Morgan fingerprint density at radius 2 is 1.59 bits per heavy atom. The van der Waals surface area contributed by atoms with Crippen molar-refractivity contribution in [1.29, 1.82) is 0 Å². The van der Waals surface area contributed by atoms with E-state index in [-0.39, 0.29) is 51.8 Å². The maximum Gasteiger partial charge on any atom is 0.111 e. The highest BCUT2D eigenvalue weighted by atomic mass is 16.6. The molecule has 6 aliphatic rings. The monoisotopic (exact) mass is 519 g/mol. The highest BCUT2D eigenvalue weighted by Crippen LogP contribution is 2.90. The van der Waals surface area contributed by atoms with Gasteiger partial charge in [-0.25, -0.2) is 0 Å². The number of methoxy groups -OCH3 is 1. The van der Waals surface area contributed by atoms with Crippen molar-refractivity contribution in [3.8, 4) is 0 Å². The Morgan fingerprint density at radius 1 is 0.973 bits per heavy atom. The molecule has 5 saturated carbocycles. The maximum atomic E-state index is 12.2. The van der Waals surface area contributed by atoms with Gasteiger partial charge in [-0.3, -0.25) is 0 Å². The first-order valence-corrected chi connectivity index (χ1v) is 15.1. The molecule has 0 radical (unpaired) electrons. The molecule has 0 aromatic carbocycles. The van der Waals surface area contributed by atoms with E-state index in [0.29, 0.717) is 17.8 Å². The summed E-state index contributed by atoms with van der Waals surface area (Å²) in [5.41, 5.74) is 6.05. The highest BCUT2D eigenvalue weighted by Gasteiger charge is 2.88. The van der Waals surface area contributed by atoms with E-state index >= 15 is 0 Å². The number of aliphatic hydroxyl groups excluding tert-OH is 2. The number of hydrogen-bond acceptors (Lipinski definition) is 6. The Morgan fingerprint density at radius 3 is 2.22 bits per heavy atom. The Balaban J connectivity index is 1.38. The van der Waals surface area contributed by atoms with Crippen molar-refractivity contribution in [2.45, 2.75) is 135 Å². The van der Waals surface area contributed by atoms with Crippen LogP contribution in [0.25, 0.3) is 0 Å². The summed E-state index contributed by atoms with van der Waals surface area (Å²) >= 11 is 0. The molecule has 1 saturated heterocycles. The molecule has 6 fully saturated rings. The number of ether oxygens (including phenoxy) is 2. The van der Waals surface area contributed by atoms with E-state index in [1.165, 1.54) is 6.42 Å². The number of hydrogen-bond donors (Lipinski definition) is 4. The van der Waals surface area contributed by atoms with Crippen molar-refractivity contribution in [2.24, 2.45) is 57.0 Å². The van der Waals surface area contributed by atoms with Gasteiger partial charge in [-0.05, 0) is 110 Å².